The number of carbonyl (C=O) groups excluding carboxylic acids is 3. The first-order valence-electron chi connectivity index (χ1n) is 10.5. The minimum absolute atomic E-state index is 0.0622. The lowest BCUT2D eigenvalue weighted by atomic mass is 9.95. The van der Waals surface area contributed by atoms with Crippen molar-refractivity contribution in [1.29, 1.82) is 0 Å². The van der Waals surface area contributed by atoms with Gasteiger partial charge in [0, 0.05) is 5.56 Å². The summed E-state index contributed by atoms with van der Waals surface area (Å²) in [5.41, 5.74) is 1.30. The molecule has 1 aliphatic rings. The van der Waals surface area contributed by atoms with Gasteiger partial charge in [-0.05, 0) is 31.5 Å². The summed E-state index contributed by atoms with van der Waals surface area (Å²) in [6.07, 6.45) is 0. The van der Waals surface area contributed by atoms with Gasteiger partial charge in [-0.2, -0.15) is 0 Å². The fourth-order valence-corrected chi connectivity index (χ4v) is 4.79. The number of amides is 1. The molecule has 174 valence electrons. The molecule has 34 heavy (non-hydrogen) atoms. The number of hydrogen-bond donors (Lipinski definition) is 1. The van der Waals surface area contributed by atoms with Crippen molar-refractivity contribution in [2.45, 2.75) is 19.9 Å². The normalized spacial score (nSPS) is 17.1. The zero-order valence-electron chi connectivity index (χ0n) is 18.8. The van der Waals surface area contributed by atoms with Gasteiger partial charge in [-0.3, -0.25) is 14.5 Å². The molecule has 0 bridgehead atoms. The third-order valence-corrected chi connectivity index (χ3v) is 6.50. The summed E-state index contributed by atoms with van der Waals surface area (Å²) in [5, 5.41) is 11.3. The van der Waals surface area contributed by atoms with Crippen LogP contribution >= 0.6 is 11.3 Å². The highest BCUT2D eigenvalue weighted by Crippen LogP contribution is 2.44. The zero-order valence-corrected chi connectivity index (χ0v) is 19.6. The number of nitrogens with zero attached hydrogens (tertiary/aromatic N) is 2. The maximum absolute atomic E-state index is 13.2. The quantitative estimate of drug-likeness (QED) is 0.244. The number of benzene rings is 2. The SMILES string of the molecule is CCOc1ccc(C2/C(=C(\O)c3ccccc3)C(=O)C(=O)N2c2nc(C)c(C(=O)OC)s2)cc1. The van der Waals surface area contributed by atoms with Gasteiger partial charge in [-0.1, -0.05) is 53.8 Å². The summed E-state index contributed by atoms with van der Waals surface area (Å²) in [7, 11) is 1.26. The van der Waals surface area contributed by atoms with Crippen LogP contribution in [0.2, 0.25) is 0 Å². The van der Waals surface area contributed by atoms with E-state index in [0.29, 0.717) is 29.2 Å². The Morgan fingerprint density at radius 2 is 1.79 bits per heavy atom. The fraction of sp³-hybridized carbons (Fsp3) is 0.200. The van der Waals surface area contributed by atoms with Gasteiger partial charge < -0.3 is 14.6 Å². The molecule has 1 aromatic heterocycles. The number of ether oxygens (including phenoxy) is 2. The number of hydrogen-bond acceptors (Lipinski definition) is 8. The summed E-state index contributed by atoms with van der Waals surface area (Å²) >= 11 is 0.953. The van der Waals surface area contributed by atoms with Crippen LogP contribution in [0.25, 0.3) is 5.76 Å². The number of thiazole rings is 1. The van der Waals surface area contributed by atoms with E-state index in [1.54, 1.807) is 61.5 Å². The predicted molar refractivity (Wildman–Crippen MR) is 127 cm³/mol. The molecule has 4 rings (SSSR count). The van der Waals surface area contributed by atoms with Crippen LogP contribution < -0.4 is 9.64 Å². The second-order valence-electron chi connectivity index (χ2n) is 7.44. The molecule has 1 amide bonds. The van der Waals surface area contributed by atoms with Crippen molar-refractivity contribution in [1.82, 2.24) is 4.98 Å². The fourth-order valence-electron chi connectivity index (χ4n) is 3.78. The second-order valence-corrected chi connectivity index (χ2v) is 8.42. The monoisotopic (exact) mass is 478 g/mol. The minimum atomic E-state index is -0.952. The molecule has 3 aromatic rings. The van der Waals surface area contributed by atoms with E-state index in [0.717, 1.165) is 11.3 Å². The molecule has 1 unspecified atom stereocenters. The number of esters is 1. The van der Waals surface area contributed by atoms with E-state index >= 15 is 0 Å². The summed E-state index contributed by atoms with van der Waals surface area (Å²) in [6.45, 7) is 3.98. The van der Waals surface area contributed by atoms with Gasteiger partial charge in [-0.15, -0.1) is 0 Å². The van der Waals surface area contributed by atoms with Crippen LogP contribution in [0.15, 0.2) is 60.2 Å². The molecule has 1 fully saturated rings. The molecule has 1 atom stereocenters. The Kier molecular flexibility index (Phi) is 6.47. The maximum atomic E-state index is 13.2. The van der Waals surface area contributed by atoms with Crippen molar-refractivity contribution in [3.05, 3.63) is 81.9 Å². The lowest BCUT2D eigenvalue weighted by Gasteiger charge is -2.23. The average Bonchev–Trinajstić information content (AvgIpc) is 3.36. The number of ketones is 1. The van der Waals surface area contributed by atoms with Crippen molar-refractivity contribution < 1.29 is 29.0 Å². The van der Waals surface area contributed by atoms with Crippen LogP contribution in [-0.2, 0) is 14.3 Å². The molecule has 9 heteroatoms. The van der Waals surface area contributed by atoms with E-state index in [1.165, 1.54) is 12.0 Å². The smallest absolute Gasteiger partial charge is 0.350 e. The lowest BCUT2D eigenvalue weighted by molar-refractivity contribution is -0.132. The second kappa shape index (κ2) is 9.48. The first-order valence-corrected chi connectivity index (χ1v) is 11.3. The van der Waals surface area contributed by atoms with Crippen LogP contribution in [0.4, 0.5) is 5.13 Å². The van der Waals surface area contributed by atoms with Gasteiger partial charge in [0.2, 0.25) is 0 Å². The number of aliphatic hydroxyl groups excluding tert-OH is 1. The molecule has 1 aliphatic heterocycles. The predicted octanol–water partition coefficient (Wildman–Crippen LogP) is 4.26. The summed E-state index contributed by atoms with van der Waals surface area (Å²) < 4.78 is 10.3. The molecule has 1 N–H and O–H groups in total. The number of rotatable bonds is 6. The number of aromatic nitrogens is 1. The van der Waals surface area contributed by atoms with E-state index < -0.39 is 23.7 Å². The van der Waals surface area contributed by atoms with E-state index in [2.05, 4.69) is 4.98 Å². The molecule has 0 saturated carbocycles. The Morgan fingerprint density at radius 1 is 1.12 bits per heavy atom. The van der Waals surface area contributed by atoms with Gasteiger partial charge in [0.15, 0.2) is 5.13 Å². The Morgan fingerprint density at radius 3 is 2.41 bits per heavy atom. The molecule has 8 nitrogen and oxygen atoms in total. The average molecular weight is 479 g/mol. The number of aliphatic hydroxyl groups is 1. The third-order valence-electron chi connectivity index (χ3n) is 5.36. The van der Waals surface area contributed by atoms with Crippen LogP contribution in [0.1, 0.15) is 39.5 Å². The van der Waals surface area contributed by atoms with Crippen molar-refractivity contribution in [2.75, 3.05) is 18.6 Å². The number of aryl methyl sites for hydroxylation is 1. The molecule has 0 aliphatic carbocycles. The van der Waals surface area contributed by atoms with Gasteiger partial charge in [0.25, 0.3) is 5.78 Å². The third kappa shape index (κ3) is 4.06. The highest BCUT2D eigenvalue weighted by molar-refractivity contribution is 7.17. The highest BCUT2D eigenvalue weighted by Gasteiger charge is 2.48. The molecule has 0 spiro atoms. The largest absolute Gasteiger partial charge is 0.507 e. The van der Waals surface area contributed by atoms with E-state index in [9.17, 15) is 19.5 Å². The van der Waals surface area contributed by atoms with Gasteiger partial charge in [-0.25, -0.2) is 9.78 Å². The number of carbonyl (C=O) groups is 3. The molecular formula is C25H22N2O6S. The first kappa shape index (κ1) is 23.2. The molecule has 2 aromatic carbocycles. The number of Topliss-reactive ketones (excluding diaryl/α,β-unsaturated/α-hetero) is 1. The number of methoxy groups -OCH3 is 1. The Balaban J connectivity index is 1.90. The Hall–Kier alpha value is -3.98. The molecule has 0 radical (unpaired) electrons. The van der Waals surface area contributed by atoms with Gasteiger partial charge in [0.1, 0.15) is 16.4 Å². The van der Waals surface area contributed by atoms with Gasteiger partial charge in [0.05, 0.1) is 31.0 Å². The van der Waals surface area contributed by atoms with E-state index in [4.69, 9.17) is 9.47 Å². The van der Waals surface area contributed by atoms with E-state index in [-0.39, 0.29) is 21.3 Å². The van der Waals surface area contributed by atoms with Gasteiger partial charge >= 0.3 is 11.9 Å². The number of anilines is 1. The topological polar surface area (TPSA) is 106 Å². The Labute approximate surface area is 200 Å². The highest BCUT2D eigenvalue weighted by atomic mass is 32.1. The van der Waals surface area contributed by atoms with Crippen LogP contribution in [0.5, 0.6) is 5.75 Å². The zero-order chi connectivity index (χ0) is 24.4. The summed E-state index contributed by atoms with van der Waals surface area (Å²) in [6, 6.07) is 14.5. The van der Waals surface area contributed by atoms with Crippen LogP contribution in [-0.4, -0.2) is 41.5 Å². The maximum Gasteiger partial charge on any atom is 0.350 e. The first-order chi connectivity index (χ1) is 16.4. The standard InChI is InChI=1S/C25H22N2O6S/c1-4-33-17-12-10-15(11-13-17)19-18(20(28)16-8-6-5-7-9-16)21(29)23(30)27(19)25-26-14(2)22(34-25)24(31)32-3/h5-13,19,28H,4H2,1-3H3/b20-18+. The molecule has 2 heterocycles. The van der Waals surface area contributed by atoms with Crippen LogP contribution in [0.3, 0.4) is 0 Å². The van der Waals surface area contributed by atoms with Crippen molar-refractivity contribution in [3.8, 4) is 5.75 Å². The van der Waals surface area contributed by atoms with E-state index in [1.807, 2.05) is 6.92 Å². The molecular weight excluding hydrogens is 456 g/mol. The molecule has 1 saturated heterocycles. The lowest BCUT2D eigenvalue weighted by Crippen LogP contribution is -2.29. The van der Waals surface area contributed by atoms with Crippen molar-refractivity contribution >= 4 is 39.9 Å². The van der Waals surface area contributed by atoms with Crippen molar-refractivity contribution in [3.63, 3.8) is 0 Å². The van der Waals surface area contributed by atoms with Crippen molar-refractivity contribution in [2.24, 2.45) is 0 Å². The summed E-state index contributed by atoms with van der Waals surface area (Å²) in [4.78, 5) is 44.4. The Bertz CT molecular complexity index is 1280. The summed E-state index contributed by atoms with van der Waals surface area (Å²) in [5.74, 6) is -1.93. The minimum Gasteiger partial charge on any atom is -0.507 e. The van der Waals surface area contributed by atoms with Crippen LogP contribution in [0, 0.1) is 6.92 Å².